The zero-order chi connectivity index (χ0) is 17.6. The van der Waals surface area contributed by atoms with Gasteiger partial charge in [-0.3, -0.25) is 9.59 Å². The van der Waals surface area contributed by atoms with Gasteiger partial charge in [0.2, 0.25) is 11.8 Å². The van der Waals surface area contributed by atoms with Crippen molar-refractivity contribution >= 4 is 23.5 Å². The first kappa shape index (κ1) is 16.1. The number of nitrogens with zero attached hydrogens (tertiary/aromatic N) is 1. The third kappa shape index (κ3) is 2.69. The van der Waals surface area contributed by atoms with Gasteiger partial charge in [0.25, 0.3) is 0 Å². The molecule has 4 atom stereocenters. The fourth-order valence-electron chi connectivity index (χ4n) is 4.81. The Hall–Kier alpha value is -2.37. The van der Waals surface area contributed by atoms with Gasteiger partial charge in [-0.1, -0.05) is 31.0 Å². The van der Waals surface area contributed by atoms with E-state index in [-0.39, 0.29) is 30.2 Å². The molecule has 0 radical (unpaired) electrons. The standard InChI is InChI=1S/C19H22N2O4/c22-17-10-13(12-6-2-3-7-14(12)20-17)18(23)21-15-8-4-1-5-11(15)9-16(21)19(24)25/h2-3,6-7,11,13,15-16H,1,4-5,8-10H2,(H,20,22)(H,24,25)/t11-,13+,15-,16+/m1/s1. The molecule has 2 N–H and O–H groups in total. The second-order valence-corrected chi connectivity index (χ2v) is 7.34. The molecule has 0 unspecified atom stereocenters. The predicted octanol–water partition coefficient (Wildman–Crippen LogP) is 2.36. The van der Waals surface area contributed by atoms with Crippen molar-refractivity contribution in [3.05, 3.63) is 29.8 Å². The van der Waals surface area contributed by atoms with Crippen molar-refractivity contribution in [1.82, 2.24) is 4.90 Å². The molecule has 3 aliphatic rings. The number of anilines is 1. The van der Waals surface area contributed by atoms with Gasteiger partial charge in [-0.2, -0.15) is 0 Å². The minimum atomic E-state index is -0.934. The number of amides is 2. The fraction of sp³-hybridized carbons (Fsp3) is 0.526. The lowest BCUT2D eigenvalue weighted by Gasteiger charge is -2.36. The summed E-state index contributed by atoms with van der Waals surface area (Å²) in [5.41, 5.74) is 1.44. The topological polar surface area (TPSA) is 86.7 Å². The van der Waals surface area contributed by atoms with Crippen LogP contribution in [0.25, 0.3) is 0 Å². The van der Waals surface area contributed by atoms with Gasteiger partial charge in [-0.15, -0.1) is 0 Å². The van der Waals surface area contributed by atoms with Gasteiger partial charge >= 0.3 is 5.97 Å². The maximum Gasteiger partial charge on any atom is 0.326 e. The quantitative estimate of drug-likeness (QED) is 0.864. The molecule has 1 saturated heterocycles. The Morgan fingerprint density at radius 2 is 1.92 bits per heavy atom. The van der Waals surface area contributed by atoms with Crippen molar-refractivity contribution in [2.75, 3.05) is 5.32 Å². The van der Waals surface area contributed by atoms with Crippen LogP contribution < -0.4 is 5.32 Å². The molecule has 1 aromatic carbocycles. The number of carboxylic acid groups (broad SMARTS) is 1. The van der Waals surface area contributed by atoms with E-state index in [1.165, 1.54) is 0 Å². The molecule has 2 heterocycles. The number of nitrogens with one attached hydrogen (secondary N) is 1. The summed E-state index contributed by atoms with van der Waals surface area (Å²) in [5, 5.41) is 12.5. The summed E-state index contributed by atoms with van der Waals surface area (Å²) < 4.78 is 0. The third-order valence-corrected chi connectivity index (χ3v) is 5.93. The van der Waals surface area contributed by atoms with Gasteiger partial charge in [-0.25, -0.2) is 4.79 Å². The van der Waals surface area contributed by atoms with E-state index in [9.17, 15) is 19.5 Å². The fourth-order valence-corrected chi connectivity index (χ4v) is 4.81. The Morgan fingerprint density at radius 3 is 2.72 bits per heavy atom. The highest BCUT2D eigenvalue weighted by Crippen LogP contribution is 2.43. The number of likely N-dealkylation sites (tertiary alicyclic amines) is 1. The number of carbonyl (C=O) groups excluding carboxylic acids is 2. The van der Waals surface area contributed by atoms with E-state index in [1.54, 1.807) is 11.0 Å². The van der Waals surface area contributed by atoms with Crippen LogP contribution in [0.4, 0.5) is 5.69 Å². The van der Waals surface area contributed by atoms with E-state index in [1.807, 2.05) is 18.2 Å². The van der Waals surface area contributed by atoms with Crippen molar-refractivity contribution < 1.29 is 19.5 Å². The molecule has 132 valence electrons. The second kappa shape index (κ2) is 6.17. The lowest BCUT2D eigenvalue weighted by Crippen LogP contribution is -2.49. The third-order valence-electron chi connectivity index (χ3n) is 5.93. The summed E-state index contributed by atoms with van der Waals surface area (Å²) in [6.07, 6.45) is 4.59. The van der Waals surface area contributed by atoms with Crippen molar-refractivity contribution in [3.63, 3.8) is 0 Å². The maximum atomic E-state index is 13.4. The molecule has 0 aromatic heterocycles. The molecule has 2 amide bonds. The van der Waals surface area contributed by atoms with Crippen LogP contribution in [-0.4, -0.2) is 39.9 Å². The molecule has 2 fully saturated rings. The van der Waals surface area contributed by atoms with Crippen LogP contribution in [0.5, 0.6) is 0 Å². The molecular formula is C19H22N2O4. The van der Waals surface area contributed by atoms with Crippen LogP contribution in [0.3, 0.4) is 0 Å². The van der Waals surface area contributed by atoms with Crippen LogP contribution in [0.1, 0.15) is 50.0 Å². The van der Waals surface area contributed by atoms with Crippen molar-refractivity contribution in [2.24, 2.45) is 5.92 Å². The van der Waals surface area contributed by atoms with Crippen molar-refractivity contribution in [3.8, 4) is 0 Å². The summed E-state index contributed by atoms with van der Waals surface area (Å²) >= 11 is 0. The van der Waals surface area contributed by atoms with E-state index in [0.717, 1.165) is 31.2 Å². The van der Waals surface area contributed by atoms with E-state index in [4.69, 9.17) is 0 Å². The normalized spacial score (nSPS) is 31.0. The maximum absolute atomic E-state index is 13.4. The average molecular weight is 342 g/mol. The molecule has 6 nitrogen and oxygen atoms in total. The van der Waals surface area contributed by atoms with Crippen molar-refractivity contribution in [1.29, 1.82) is 0 Å². The zero-order valence-corrected chi connectivity index (χ0v) is 14.0. The SMILES string of the molecule is O=C1C[C@H](C(=O)N2[C@@H]3CCCC[C@@H]3C[C@H]2C(=O)O)c2ccccc2N1. The van der Waals surface area contributed by atoms with Gasteiger partial charge in [-0.05, 0) is 36.8 Å². The zero-order valence-electron chi connectivity index (χ0n) is 14.0. The Labute approximate surface area is 146 Å². The largest absolute Gasteiger partial charge is 0.480 e. The number of hydrogen-bond acceptors (Lipinski definition) is 3. The highest BCUT2D eigenvalue weighted by molar-refractivity contribution is 6.02. The Kier molecular flexibility index (Phi) is 3.98. The number of rotatable bonds is 2. The van der Waals surface area contributed by atoms with Crippen molar-refractivity contribution in [2.45, 2.75) is 56.5 Å². The number of carbonyl (C=O) groups is 3. The molecule has 4 rings (SSSR count). The monoisotopic (exact) mass is 342 g/mol. The van der Waals surface area contributed by atoms with Crippen LogP contribution in [-0.2, 0) is 14.4 Å². The summed E-state index contributed by atoms with van der Waals surface area (Å²) in [6.45, 7) is 0. The molecule has 2 aliphatic heterocycles. The first-order valence-corrected chi connectivity index (χ1v) is 9.00. The van der Waals surface area contributed by atoms with Gasteiger partial charge in [0.05, 0.1) is 5.92 Å². The molecule has 1 saturated carbocycles. The average Bonchev–Trinajstić information content (AvgIpc) is 3.00. The highest BCUT2D eigenvalue weighted by Gasteiger charge is 2.49. The Bertz CT molecular complexity index is 732. The minimum Gasteiger partial charge on any atom is -0.480 e. The number of fused-ring (bicyclic) bond motifs is 2. The highest BCUT2D eigenvalue weighted by atomic mass is 16.4. The van der Waals surface area contributed by atoms with Gasteiger partial charge in [0, 0.05) is 18.2 Å². The summed E-state index contributed by atoms with van der Waals surface area (Å²) in [4.78, 5) is 38.8. The molecule has 0 spiro atoms. The number of hydrogen-bond donors (Lipinski definition) is 2. The molecule has 6 heteroatoms. The van der Waals surface area contributed by atoms with E-state index in [2.05, 4.69) is 5.32 Å². The number of aliphatic carboxylic acids is 1. The summed E-state index contributed by atoms with van der Waals surface area (Å²) in [6, 6.07) is 6.53. The lowest BCUT2D eigenvalue weighted by molar-refractivity contribution is -0.150. The second-order valence-electron chi connectivity index (χ2n) is 7.34. The van der Waals surface area contributed by atoms with Gasteiger partial charge < -0.3 is 15.3 Å². The number of benzene rings is 1. The van der Waals surface area contributed by atoms with Crippen LogP contribution in [0.2, 0.25) is 0 Å². The first-order chi connectivity index (χ1) is 12.1. The van der Waals surface area contributed by atoms with Crippen LogP contribution in [0.15, 0.2) is 24.3 Å². The molecule has 0 bridgehead atoms. The van der Waals surface area contributed by atoms with Gasteiger partial charge in [0.15, 0.2) is 0 Å². The molecular weight excluding hydrogens is 320 g/mol. The number of carboxylic acids is 1. The Balaban J connectivity index is 1.69. The smallest absolute Gasteiger partial charge is 0.326 e. The Morgan fingerprint density at radius 1 is 1.16 bits per heavy atom. The summed E-state index contributed by atoms with van der Waals surface area (Å²) in [7, 11) is 0. The molecule has 1 aliphatic carbocycles. The van der Waals surface area contributed by atoms with E-state index >= 15 is 0 Å². The predicted molar refractivity (Wildman–Crippen MR) is 91.1 cm³/mol. The summed E-state index contributed by atoms with van der Waals surface area (Å²) in [5.74, 6) is -1.65. The first-order valence-electron chi connectivity index (χ1n) is 9.00. The number of para-hydroxylation sites is 1. The van der Waals surface area contributed by atoms with Gasteiger partial charge in [0.1, 0.15) is 6.04 Å². The van der Waals surface area contributed by atoms with E-state index in [0.29, 0.717) is 12.1 Å². The van der Waals surface area contributed by atoms with E-state index < -0.39 is 17.9 Å². The lowest BCUT2D eigenvalue weighted by atomic mass is 9.84. The van der Waals surface area contributed by atoms with Crippen LogP contribution >= 0.6 is 0 Å². The molecule has 1 aromatic rings. The minimum absolute atomic E-state index is 0.000463. The van der Waals surface area contributed by atoms with Crippen LogP contribution in [0, 0.1) is 5.92 Å². The molecule has 25 heavy (non-hydrogen) atoms.